The zero-order valence-corrected chi connectivity index (χ0v) is 15.0. The highest BCUT2D eigenvalue weighted by atomic mass is 32.2. The molecule has 2 aromatic carbocycles. The quantitative estimate of drug-likeness (QED) is 0.633. The number of fused-ring (bicyclic) bond motifs is 1. The third-order valence-electron chi connectivity index (χ3n) is 4.47. The van der Waals surface area contributed by atoms with Gasteiger partial charge in [0.25, 0.3) is 0 Å². The van der Waals surface area contributed by atoms with Crippen LogP contribution in [0.15, 0.2) is 63.8 Å². The fraction of sp³-hybridized carbons (Fsp3) is 0.250. The average Bonchev–Trinajstić information content (AvgIpc) is 2.69. The number of aliphatic hydroxyl groups excluding tert-OH is 3. The molecule has 140 valence electrons. The van der Waals surface area contributed by atoms with Gasteiger partial charge < -0.3 is 24.5 Å². The maximum Gasteiger partial charge on any atom is 0.193 e. The SMILES string of the molecule is O=c1cc(-c2ccccc2)oc2cc(O[C@H]3SC[C@@H](O)[C@H](O)[C@H]3O)ccc12. The van der Waals surface area contributed by atoms with Gasteiger partial charge in [-0.05, 0) is 12.1 Å². The van der Waals surface area contributed by atoms with Gasteiger partial charge in [-0.2, -0.15) is 0 Å². The second-order valence-corrected chi connectivity index (χ2v) is 7.50. The summed E-state index contributed by atoms with van der Waals surface area (Å²) in [5, 5.41) is 29.9. The molecular weight excluding hydrogens is 368 g/mol. The van der Waals surface area contributed by atoms with Gasteiger partial charge in [0.15, 0.2) is 10.9 Å². The molecule has 7 heteroatoms. The fourth-order valence-electron chi connectivity index (χ4n) is 2.97. The van der Waals surface area contributed by atoms with Gasteiger partial charge in [-0.15, -0.1) is 11.8 Å². The van der Waals surface area contributed by atoms with Gasteiger partial charge in [-0.3, -0.25) is 4.79 Å². The molecule has 0 aliphatic carbocycles. The van der Waals surface area contributed by atoms with Gasteiger partial charge in [-0.1, -0.05) is 30.3 Å². The molecule has 0 saturated carbocycles. The molecule has 0 unspecified atom stereocenters. The van der Waals surface area contributed by atoms with Crippen molar-refractivity contribution in [3.8, 4) is 17.1 Å². The van der Waals surface area contributed by atoms with E-state index in [9.17, 15) is 20.1 Å². The van der Waals surface area contributed by atoms with Crippen LogP contribution in [0, 0.1) is 0 Å². The highest BCUT2D eigenvalue weighted by Gasteiger charge is 2.38. The van der Waals surface area contributed by atoms with Crippen molar-refractivity contribution in [1.29, 1.82) is 0 Å². The van der Waals surface area contributed by atoms with Crippen LogP contribution in [-0.2, 0) is 0 Å². The molecule has 1 saturated heterocycles. The number of benzene rings is 2. The molecule has 4 rings (SSSR count). The van der Waals surface area contributed by atoms with Crippen molar-refractivity contribution in [2.45, 2.75) is 23.7 Å². The van der Waals surface area contributed by atoms with Crippen LogP contribution in [0.4, 0.5) is 0 Å². The molecule has 4 atom stereocenters. The van der Waals surface area contributed by atoms with Crippen molar-refractivity contribution < 1.29 is 24.5 Å². The minimum absolute atomic E-state index is 0.160. The standard InChI is InChI=1S/C20H18O6S/c21-14-9-16(11-4-2-1-3-5-11)26-17-8-12(6-7-13(14)17)25-20-19(24)18(23)15(22)10-27-20/h1-9,15,18-20,22-24H,10H2/t15-,18+,19-,20+/m1/s1. The summed E-state index contributed by atoms with van der Waals surface area (Å²) < 4.78 is 11.6. The normalized spacial score (nSPS) is 25.4. The Morgan fingerprint density at radius 3 is 2.56 bits per heavy atom. The summed E-state index contributed by atoms with van der Waals surface area (Å²) in [6.45, 7) is 0. The molecule has 1 aromatic heterocycles. The lowest BCUT2D eigenvalue weighted by Crippen LogP contribution is -2.50. The number of rotatable bonds is 3. The lowest BCUT2D eigenvalue weighted by molar-refractivity contribution is -0.0786. The van der Waals surface area contributed by atoms with Crippen LogP contribution in [-0.4, -0.2) is 44.8 Å². The van der Waals surface area contributed by atoms with Crippen molar-refractivity contribution in [3.63, 3.8) is 0 Å². The summed E-state index contributed by atoms with van der Waals surface area (Å²) in [6, 6.07) is 15.6. The molecule has 0 spiro atoms. The van der Waals surface area contributed by atoms with E-state index in [1.165, 1.54) is 17.8 Å². The van der Waals surface area contributed by atoms with Gasteiger partial charge >= 0.3 is 0 Å². The van der Waals surface area contributed by atoms with E-state index < -0.39 is 23.7 Å². The van der Waals surface area contributed by atoms with E-state index in [1.54, 1.807) is 18.2 Å². The Labute approximate surface area is 159 Å². The predicted octanol–water partition coefficient (Wildman–Crippen LogP) is 1.99. The third-order valence-corrected chi connectivity index (χ3v) is 5.70. The van der Waals surface area contributed by atoms with Crippen LogP contribution in [0.2, 0.25) is 0 Å². The largest absolute Gasteiger partial charge is 0.477 e. The van der Waals surface area contributed by atoms with Crippen molar-refractivity contribution in [3.05, 3.63) is 64.8 Å². The predicted molar refractivity (Wildman–Crippen MR) is 103 cm³/mol. The van der Waals surface area contributed by atoms with Crippen LogP contribution < -0.4 is 10.2 Å². The molecule has 1 fully saturated rings. The first-order valence-corrected chi connectivity index (χ1v) is 9.53. The van der Waals surface area contributed by atoms with Crippen molar-refractivity contribution in [1.82, 2.24) is 0 Å². The Morgan fingerprint density at radius 2 is 1.78 bits per heavy atom. The summed E-state index contributed by atoms with van der Waals surface area (Å²) in [7, 11) is 0. The van der Waals surface area contributed by atoms with Gasteiger partial charge in [-0.25, -0.2) is 0 Å². The lowest BCUT2D eigenvalue weighted by Gasteiger charge is -2.34. The first-order valence-electron chi connectivity index (χ1n) is 8.49. The topological polar surface area (TPSA) is 100 Å². The highest BCUT2D eigenvalue weighted by molar-refractivity contribution is 7.99. The lowest BCUT2D eigenvalue weighted by atomic mass is 10.1. The van der Waals surface area contributed by atoms with Crippen LogP contribution in [0.25, 0.3) is 22.3 Å². The minimum atomic E-state index is -1.26. The molecule has 0 bridgehead atoms. The molecule has 2 heterocycles. The number of hydrogen-bond acceptors (Lipinski definition) is 7. The molecule has 0 radical (unpaired) electrons. The van der Waals surface area contributed by atoms with E-state index in [-0.39, 0.29) is 11.2 Å². The zero-order valence-electron chi connectivity index (χ0n) is 14.2. The second-order valence-electron chi connectivity index (χ2n) is 6.37. The molecule has 1 aliphatic heterocycles. The maximum atomic E-state index is 12.4. The zero-order chi connectivity index (χ0) is 19.0. The molecular formula is C20H18O6S. The summed E-state index contributed by atoms with van der Waals surface area (Å²) in [5.74, 6) is 1.11. The van der Waals surface area contributed by atoms with E-state index in [4.69, 9.17) is 9.15 Å². The van der Waals surface area contributed by atoms with Crippen LogP contribution >= 0.6 is 11.8 Å². The Morgan fingerprint density at radius 1 is 1.00 bits per heavy atom. The van der Waals surface area contributed by atoms with E-state index in [1.807, 2.05) is 30.3 Å². The molecule has 3 N–H and O–H groups in total. The minimum Gasteiger partial charge on any atom is -0.477 e. The highest BCUT2D eigenvalue weighted by Crippen LogP contribution is 2.31. The fourth-order valence-corrected chi connectivity index (χ4v) is 4.09. The smallest absolute Gasteiger partial charge is 0.193 e. The van der Waals surface area contributed by atoms with E-state index in [2.05, 4.69) is 0 Å². The molecule has 3 aromatic rings. The second kappa shape index (κ2) is 7.36. The Hall–Kier alpha value is -2.32. The molecule has 6 nitrogen and oxygen atoms in total. The van der Waals surface area contributed by atoms with E-state index in [0.717, 1.165) is 5.56 Å². The summed E-state index contributed by atoms with van der Waals surface area (Å²) in [4.78, 5) is 12.4. The maximum absolute atomic E-state index is 12.4. The van der Waals surface area contributed by atoms with Gasteiger partial charge in [0.1, 0.15) is 29.3 Å². The Kier molecular flexibility index (Phi) is 4.92. The Balaban J connectivity index is 1.66. The number of hydrogen-bond donors (Lipinski definition) is 3. The summed E-state index contributed by atoms with van der Waals surface area (Å²) in [6.07, 6.45) is -3.48. The van der Waals surface area contributed by atoms with Gasteiger partial charge in [0, 0.05) is 23.4 Å². The van der Waals surface area contributed by atoms with Crippen LogP contribution in [0.3, 0.4) is 0 Å². The van der Waals surface area contributed by atoms with E-state index >= 15 is 0 Å². The first kappa shape index (κ1) is 18.1. The summed E-state index contributed by atoms with van der Waals surface area (Å²) >= 11 is 1.21. The number of aliphatic hydroxyl groups is 3. The molecule has 27 heavy (non-hydrogen) atoms. The Bertz CT molecular complexity index is 1000. The molecule has 1 aliphatic rings. The van der Waals surface area contributed by atoms with Crippen LogP contribution in [0.1, 0.15) is 0 Å². The van der Waals surface area contributed by atoms with Crippen molar-refractivity contribution >= 4 is 22.7 Å². The van der Waals surface area contributed by atoms with Gasteiger partial charge in [0.2, 0.25) is 0 Å². The number of ether oxygens (including phenoxy) is 1. The van der Waals surface area contributed by atoms with Crippen LogP contribution in [0.5, 0.6) is 5.75 Å². The van der Waals surface area contributed by atoms with E-state index in [0.29, 0.717) is 22.5 Å². The summed E-state index contributed by atoms with van der Waals surface area (Å²) in [5.41, 5.74) is 0.269. The first-order chi connectivity index (χ1) is 13.0. The van der Waals surface area contributed by atoms with Crippen molar-refractivity contribution in [2.24, 2.45) is 0 Å². The average molecular weight is 386 g/mol. The molecule has 0 amide bonds. The monoisotopic (exact) mass is 386 g/mol. The number of thioether (sulfide) groups is 1. The van der Waals surface area contributed by atoms with Crippen molar-refractivity contribution in [2.75, 3.05) is 5.75 Å². The van der Waals surface area contributed by atoms with Gasteiger partial charge in [0.05, 0.1) is 11.5 Å². The third kappa shape index (κ3) is 3.59.